The Hall–Kier alpha value is -0.130. The topological polar surface area (TPSA) is 175 Å². The van der Waals surface area contributed by atoms with Gasteiger partial charge in [-0.1, -0.05) is 0 Å². The lowest BCUT2D eigenvalue weighted by molar-refractivity contribution is -0.432. The molecule has 20 heavy (non-hydrogen) atoms. The minimum absolute atomic E-state index is 0.122. The first-order valence-electron chi connectivity index (χ1n) is 5.27. The molecule has 0 bridgehead atoms. The van der Waals surface area contributed by atoms with Crippen molar-refractivity contribution in [3.63, 3.8) is 0 Å². The van der Waals surface area contributed by atoms with E-state index in [1.165, 1.54) is 0 Å². The maximum Gasteiger partial charge on any atom is 0.0693 e. The molecule has 0 heterocycles. The molecule has 0 fully saturated rings. The summed E-state index contributed by atoms with van der Waals surface area (Å²) in [5.41, 5.74) is 0. The third-order valence-electron chi connectivity index (χ3n) is 0.886. The smallest absolute Gasteiger partial charge is 0.0693 e. The lowest BCUT2D eigenvalue weighted by Gasteiger charge is -2.36. The van der Waals surface area contributed by atoms with Crippen LogP contribution < -0.4 is 14.7 Å². The number of ether oxygens (including phenoxy) is 3. The van der Waals surface area contributed by atoms with Gasteiger partial charge in [-0.3, -0.25) is 0 Å². The molecule has 0 aromatic heterocycles. The maximum absolute atomic E-state index is 8.55. The van der Waals surface area contributed by atoms with Crippen molar-refractivity contribution in [2.45, 2.75) is 0 Å². The summed E-state index contributed by atoms with van der Waals surface area (Å²) in [6, 6.07) is 0. The molecule has 0 aliphatic carbocycles. The first-order valence-corrected chi connectivity index (χ1v) is 6.73. The van der Waals surface area contributed by atoms with Crippen molar-refractivity contribution in [3.05, 3.63) is 0 Å². The van der Waals surface area contributed by atoms with Gasteiger partial charge in [0.2, 0.25) is 0 Å². The Labute approximate surface area is 118 Å². The van der Waals surface area contributed by atoms with E-state index in [1.54, 1.807) is 21.3 Å². The lowest BCUT2D eigenvalue weighted by Crippen LogP contribution is -2.24. The van der Waals surface area contributed by atoms with E-state index in [0.717, 1.165) is 0 Å². The van der Waals surface area contributed by atoms with Crippen LogP contribution in [0.5, 0.6) is 0 Å². The van der Waals surface area contributed by atoms with Crippen molar-refractivity contribution in [2.24, 2.45) is 0 Å². The predicted molar refractivity (Wildman–Crippen MR) is 64.5 cm³/mol. The largest absolute Gasteiger partial charge is 0.822 e. The third-order valence-corrected chi connectivity index (χ3v) is 0.886. The Morgan fingerprint density at radius 2 is 0.900 bits per heavy atom. The fourth-order valence-corrected chi connectivity index (χ4v) is 0.274. The van der Waals surface area contributed by atoms with Crippen LogP contribution in [0, 0.1) is 0 Å². The standard InChI is InChI=1S/3C3H8O2.H3O4P/c3*1-5-3-2-4;1-5(2,3)4/h3*4H,2-3H2,1H3;(H3,1,2,3,4)/p-3. The molecule has 0 amide bonds. The number of aliphatic hydroxyl groups is 3. The van der Waals surface area contributed by atoms with Crippen molar-refractivity contribution >= 4 is 7.82 Å². The molecule has 0 spiro atoms. The summed E-state index contributed by atoms with van der Waals surface area (Å²) in [6.07, 6.45) is 0. The highest BCUT2D eigenvalue weighted by Gasteiger charge is 1.68. The second-order valence-electron chi connectivity index (χ2n) is 2.60. The van der Waals surface area contributed by atoms with E-state index in [2.05, 4.69) is 14.2 Å². The highest BCUT2D eigenvalue weighted by molar-refractivity contribution is 7.40. The maximum atomic E-state index is 8.55. The van der Waals surface area contributed by atoms with Gasteiger partial charge < -0.3 is 48.8 Å². The molecule has 0 aliphatic heterocycles. The van der Waals surface area contributed by atoms with Crippen molar-refractivity contribution in [1.82, 2.24) is 0 Å². The van der Waals surface area contributed by atoms with Crippen LogP contribution in [0.25, 0.3) is 0 Å². The Morgan fingerprint density at radius 1 is 0.750 bits per heavy atom. The Morgan fingerprint density at radius 3 is 0.900 bits per heavy atom. The molecule has 3 N–H and O–H groups in total. The van der Waals surface area contributed by atoms with E-state index in [9.17, 15) is 0 Å². The average Bonchev–Trinajstić information content (AvgIpc) is 2.31. The molecule has 0 aromatic carbocycles. The van der Waals surface area contributed by atoms with E-state index in [1.807, 2.05) is 0 Å². The van der Waals surface area contributed by atoms with Crippen LogP contribution >= 0.6 is 7.82 Å². The van der Waals surface area contributed by atoms with Gasteiger partial charge >= 0.3 is 0 Å². The van der Waals surface area contributed by atoms with Crippen LogP contribution in [0.2, 0.25) is 0 Å². The van der Waals surface area contributed by atoms with Crippen molar-refractivity contribution in [3.8, 4) is 0 Å². The summed E-state index contributed by atoms with van der Waals surface area (Å²) in [4.78, 5) is 25.6. The van der Waals surface area contributed by atoms with Gasteiger partial charge in [0.15, 0.2) is 0 Å². The Kier molecular flexibility index (Phi) is 38.3. The number of phosphoric acid groups is 1. The summed E-state index contributed by atoms with van der Waals surface area (Å²) < 4.78 is 21.9. The molecule has 0 aliphatic rings. The predicted octanol–water partition coefficient (Wildman–Crippen LogP) is -3.95. The summed E-state index contributed by atoms with van der Waals surface area (Å²) in [6.45, 7) is 1.70. The molecule has 0 aromatic rings. The molecule has 0 rings (SSSR count). The van der Waals surface area contributed by atoms with Crippen LogP contribution in [-0.4, -0.2) is 76.3 Å². The summed E-state index contributed by atoms with van der Waals surface area (Å²) in [5.74, 6) is 0. The van der Waals surface area contributed by atoms with Gasteiger partial charge in [-0.05, 0) is 0 Å². The number of aliphatic hydroxyl groups excluding tert-OH is 3. The second-order valence-corrected chi connectivity index (χ2v) is 3.49. The third kappa shape index (κ3) is 148. The highest BCUT2D eigenvalue weighted by Crippen LogP contribution is 2.03. The number of hydrogen-bond acceptors (Lipinski definition) is 10. The molecule has 10 nitrogen and oxygen atoms in total. The molecular formula is C9H24O10P-3. The van der Waals surface area contributed by atoms with Gasteiger partial charge in [0.1, 0.15) is 0 Å². The quantitative estimate of drug-likeness (QED) is 0.409. The van der Waals surface area contributed by atoms with E-state index >= 15 is 0 Å². The van der Waals surface area contributed by atoms with Crippen molar-refractivity contribution < 1.29 is 48.8 Å². The Balaban J connectivity index is -0.0000000853. The fraction of sp³-hybridized carbons (Fsp3) is 1.00. The molecule has 0 unspecified atom stereocenters. The molecule has 11 heteroatoms. The van der Waals surface area contributed by atoms with Crippen molar-refractivity contribution in [2.75, 3.05) is 61.0 Å². The van der Waals surface area contributed by atoms with E-state index in [0.29, 0.717) is 19.8 Å². The van der Waals surface area contributed by atoms with Crippen LogP contribution in [0.4, 0.5) is 0 Å². The lowest BCUT2D eigenvalue weighted by atomic mass is 10.8. The van der Waals surface area contributed by atoms with Gasteiger partial charge in [0, 0.05) is 21.3 Å². The average molecular weight is 323 g/mol. The zero-order valence-corrected chi connectivity index (χ0v) is 12.8. The molecule has 0 radical (unpaired) electrons. The Bertz CT molecular complexity index is 146. The van der Waals surface area contributed by atoms with Crippen LogP contribution in [0.15, 0.2) is 0 Å². The van der Waals surface area contributed by atoms with Crippen LogP contribution in [-0.2, 0) is 18.8 Å². The molecule has 0 saturated heterocycles. The van der Waals surface area contributed by atoms with Crippen molar-refractivity contribution in [1.29, 1.82) is 0 Å². The number of methoxy groups -OCH3 is 3. The number of rotatable bonds is 6. The van der Waals surface area contributed by atoms with Gasteiger partial charge in [-0.15, -0.1) is 0 Å². The highest BCUT2D eigenvalue weighted by atomic mass is 31.2. The first-order chi connectivity index (χ1) is 9.24. The second kappa shape index (κ2) is 27.3. The van der Waals surface area contributed by atoms with E-state index in [-0.39, 0.29) is 19.8 Å². The number of hydrogen-bond donors (Lipinski definition) is 3. The van der Waals surface area contributed by atoms with Gasteiger partial charge in [-0.2, -0.15) is 7.82 Å². The summed E-state index contributed by atoms with van der Waals surface area (Å²) in [5, 5.41) is 23.8. The summed E-state index contributed by atoms with van der Waals surface area (Å²) >= 11 is 0. The normalized spacial score (nSPS) is 9.25. The van der Waals surface area contributed by atoms with Crippen LogP contribution in [0.1, 0.15) is 0 Å². The molecular weight excluding hydrogens is 299 g/mol. The van der Waals surface area contributed by atoms with E-state index in [4.69, 9.17) is 34.6 Å². The first kappa shape index (κ1) is 28.1. The summed E-state index contributed by atoms with van der Waals surface area (Å²) in [7, 11) is -0.733. The fourth-order valence-electron chi connectivity index (χ4n) is 0.274. The minimum Gasteiger partial charge on any atom is -0.822 e. The minimum atomic E-state index is -5.39. The van der Waals surface area contributed by atoms with Gasteiger partial charge in [-0.25, -0.2) is 0 Å². The SMILES string of the molecule is COCCO.COCCO.COCCO.O=P([O-])([O-])[O-]. The van der Waals surface area contributed by atoms with Crippen LogP contribution in [0.3, 0.4) is 0 Å². The van der Waals surface area contributed by atoms with Gasteiger partial charge in [0.05, 0.1) is 39.6 Å². The van der Waals surface area contributed by atoms with E-state index < -0.39 is 7.82 Å². The molecule has 0 atom stereocenters. The van der Waals surface area contributed by atoms with Gasteiger partial charge in [0.25, 0.3) is 0 Å². The zero-order chi connectivity index (χ0) is 16.9. The molecule has 0 saturated carbocycles. The zero-order valence-electron chi connectivity index (χ0n) is 11.9. The monoisotopic (exact) mass is 323 g/mol. The molecule has 128 valence electrons.